The predicted molar refractivity (Wildman–Crippen MR) is 81.7 cm³/mol. The fourth-order valence-electron chi connectivity index (χ4n) is 3.20. The Morgan fingerprint density at radius 2 is 1.96 bits per heavy atom. The summed E-state index contributed by atoms with van der Waals surface area (Å²) in [5, 5.41) is 10.8. The van der Waals surface area contributed by atoms with E-state index in [2.05, 4.69) is 0 Å². The topological polar surface area (TPSA) is 59.0 Å². The third-order valence-corrected chi connectivity index (χ3v) is 4.72. The number of carbonyl (C=O) groups excluding carboxylic acids is 1. The third kappa shape index (κ3) is 3.96. The van der Waals surface area contributed by atoms with Gasteiger partial charge < -0.3 is 19.5 Å². The molecule has 1 amide bonds. The van der Waals surface area contributed by atoms with E-state index in [-0.39, 0.29) is 44.0 Å². The lowest BCUT2D eigenvalue weighted by atomic mass is 9.83. The summed E-state index contributed by atoms with van der Waals surface area (Å²) in [6.45, 7) is 1.53. The number of ether oxygens (including phenoxy) is 2. The zero-order chi connectivity index (χ0) is 18.1. The lowest BCUT2D eigenvalue weighted by Crippen LogP contribution is -2.51. The highest BCUT2D eigenvalue weighted by Gasteiger charge is 2.39. The van der Waals surface area contributed by atoms with Crippen LogP contribution in [0.3, 0.4) is 0 Å². The number of nitrogens with zero attached hydrogens (tertiary/aromatic N) is 1. The fraction of sp³-hybridized carbons (Fsp3) is 0.588. The summed E-state index contributed by atoms with van der Waals surface area (Å²) in [5.41, 5.74) is -1.93. The van der Waals surface area contributed by atoms with Gasteiger partial charge in [-0.05, 0) is 30.5 Å². The van der Waals surface area contributed by atoms with E-state index in [1.54, 1.807) is 4.90 Å². The number of benzene rings is 1. The molecule has 1 aromatic carbocycles. The minimum absolute atomic E-state index is 0.174. The van der Waals surface area contributed by atoms with Gasteiger partial charge in [0.25, 0.3) is 5.91 Å². The Balaban J connectivity index is 1.67. The maximum Gasteiger partial charge on any atom is 0.416 e. The SMILES string of the molecule is O=C([C@H]1COCCO1)N1CCC(O)(c2cccc(C(F)(F)F)c2)CC1. The molecule has 2 fully saturated rings. The van der Waals surface area contributed by atoms with E-state index in [1.807, 2.05) is 0 Å². The molecule has 0 aliphatic carbocycles. The number of amides is 1. The van der Waals surface area contributed by atoms with Gasteiger partial charge in [-0.3, -0.25) is 4.79 Å². The fourth-order valence-corrected chi connectivity index (χ4v) is 3.20. The lowest BCUT2D eigenvalue weighted by molar-refractivity contribution is -0.161. The Morgan fingerprint density at radius 3 is 2.56 bits per heavy atom. The van der Waals surface area contributed by atoms with Crippen molar-refractivity contribution >= 4 is 5.91 Å². The molecule has 2 aliphatic heterocycles. The van der Waals surface area contributed by atoms with E-state index in [9.17, 15) is 23.1 Å². The molecule has 1 atom stereocenters. The number of alkyl halides is 3. The maximum atomic E-state index is 12.9. The van der Waals surface area contributed by atoms with Gasteiger partial charge in [0.1, 0.15) is 0 Å². The van der Waals surface area contributed by atoms with Crippen molar-refractivity contribution in [2.24, 2.45) is 0 Å². The molecule has 2 saturated heterocycles. The second kappa shape index (κ2) is 6.93. The Kier molecular flexibility index (Phi) is 5.04. The van der Waals surface area contributed by atoms with Gasteiger partial charge in [0.2, 0.25) is 0 Å². The third-order valence-electron chi connectivity index (χ3n) is 4.72. The van der Waals surface area contributed by atoms with Gasteiger partial charge in [0.05, 0.1) is 31.0 Å². The number of hydrogen-bond acceptors (Lipinski definition) is 4. The molecule has 2 aliphatic rings. The summed E-state index contributed by atoms with van der Waals surface area (Å²) >= 11 is 0. The highest BCUT2D eigenvalue weighted by molar-refractivity contribution is 5.81. The van der Waals surface area contributed by atoms with Crippen LogP contribution in [0.4, 0.5) is 13.2 Å². The predicted octanol–water partition coefficient (Wildman–Crippen LogP) is 1.93. The van der Waals surface area contributed by atoms with E-state index in [0.29, 0.717) is 13.2 Å². The highest BCUT2D eigenvalue weighted by Crippen LogP contribution is 2.36. The summed E-state index contributed by atoms with van der Waals surface area (Å²) in [4.78, 5) is 13.9. The summed E-state index contributed by atoms with van der Waals surface area (Å²) in [6, 6.07) is 4.74. The molecular weight excluding hydrogens is 339 g/mol. The van der Waals surface area contributed by atoms with Crippen LogP contribution >= 0.6 is 0 Å². The molecule has 0 radical (unpaired) electrons. The van der Waals surface area contributed by atoms with E-state index in [4.69, 9.17) is 9.47 Å². The Morgan fingerprint density at radius 1 is 1.24 bits per heavy atom. The quantitative estimate of drug-likeness (QED) is 0.877. The van der Waals surface area contributed by atoms with Crippen LogP contribution < -0.4 is 0 Å². The van der Waals surface area contributed by atoms with Gasteiger partial charge in [0.15, 0.2) is 6.10 Å². The van der Waals surface area contributed by atoms with Gasteiger partial charge in [-0.15, -0.1) is 0 Å². The van der Waals surface area contributed by atoms with Crippen molar-refractivity contribution in [1.29, 1.82) is 0 Å². The normalized spacial score (nSPS) is 24.2. The van der Waals surface area contributed by atoms with Crippen LogP contribution in [0.2, 0.25) is 0 Å². The lowest BCUT2D eigenvalue weighted by Gasteiger charge is -2.40. The van der Waals surface area contributed by atoms with Crippen molar-refractivity contribution < 1.29 is 32.5 Å². The Hall–Kier alpha value is -1.64. The first kappa shape index (κ1) is 18.2. The number of carbonyl (C=O) groups is 1. The number of likely N-dealkylation sites (tertiary alicyclic amines) is 1. The second-order valence-corrected chi connectivity index (χ2v) is 6.37. The summed E-state index contributed by atoms with van der Waals surface area (Å²) in [5.74, 6) is -0.203. The van der Waals surface area contributed by atoms with Crippen molar-refractivity contribution in [3.63, 3.8) is 0 Å². The van der Waals surface area contributed by atoms with Crippen molar-refractivity contribution in [2.75, 3.05) is 32.9 Å². The average Bonchev–Trinajstić information content (AvgIpc) is 2.62. The van der Waals surface area contributed by atoms with Crippen LogP contribution in [-0.4, -0.2) is 54.9 Å². The molecule has 0 unspecified atom stereocenters. The highest BCUT2D eigenvalue weighted by atomic mass is 19.4. The summed E-state index contributed by atoms with van der Waals surface area (Å²) < 4.78 is 49.2. The first-order valence-corrected chi connectivity index (χ1v) is 8.18. The minimum Gasteiger partial charge on any atom is -0.385 e. The number of halogens is 3. The van der Waals surface area contributed by atoms with Gasteiger partial charge in [-0.1, -0.05) is 12.1 Å². The van der Waals surface area contributed by atoms with Gasteiger partial charge in [0, 0.05) is 13.1 Å². The average molecular weight is 359 g/mol. The molecule has 1 aromatic rings. The van der Waals surface area contributed by atoms with Crippen LogP contribution in [0.1, 0.15) is 24.0 Å². The molecule has 0 aromatic heterocycles. The minimum atomic E-state index is -4.46. The standard InChI is InChI=1S/C17H20F3NO4/c18-17(19,20)13-3-1-2-12(10-13)16(23)4-6-21(7-5-16)15(22)14-11-24-8-9-25-14/h1-3,10,14,23H,4-9,11H2/t14-/m1/s1. The monoisotopic (exact) mass is 359 g/mol. The summed E-state index contributed by atoms with van der Waals surface area (Å²) in [6.07, 6.45) is -4.75. The summed E-state index contributed by atoms with van der Waals surface area (Å²) in [7, 11) is 0. The molecule has 0 spiro atoms. The Bertz CT molecular complexity index is 621. The largest absolute Gasteiger partial charge is 0.416 e. The van der Waals surface area contributed by atoms with Gasteiger partial charge in [-0.25, -0.2) is 0 Å². The number of hydrogen-bond donors (Lipinski definition) is 1. The molecule has 5 nitrogen and oxygen atoms in total. The molecule has 3 rings (SSSR count). The molecule has 0 saturated carbocycles. The van der Waals surface area contributed by atoms with Crippen molar-refractivity contribution in [3.8, 4) is 0 Å². The smallest absolute Gasteiger partial charge is 0.385 e. The van der Waals surface area contributed by atoms with E-state index < -0.39 is 23.4 Å². The molecule has 25 heavy (non-hydrogen) atoms. The zero-order valence-electron chi connectivity index (χ0n) is 13.6. The van der Waals surface area contributed by atoms with Crippen LogP contribution in [0, 0.1) is 0 Å². The molecule has 2 heterocycles. The zero-order valence-corrected chi connectivity index (χ0v) is 13.6. The van der Waals surface area contributed by atoms with E-state index >= 15 is 0 Å². The maximum absolute atomic E-state index is 12.9. The first-order chi connectivity index (χ1) is 11.8. The van der Waals surface area contributed by atoms with Gasteiger partial charge in [-0.2, -0.15) is 13.2 Å². The first-order valence-electron chi connectivity index (χ1n) is 8.18. The number of rotatable bonds is 2. The van der Waals surface area contributed by atoms with Crippen molar-refractivity contribution in [3.05, 3.63) is 35.4 Å². The van der Waals surface area contributed by atoms with Crippen LogP contribution in [0.15, 0.2) is 24.3 Å². The van der Waals surface area contributed by atoms with Crippen LogP contribution in [-0.2, 0) is 26.0 Å². The molecule has 8 heteroatoms. The molecular formula is C17H20F3NO4. The van der Waals surface area contributed by atoms with E-state index in [1.165, 1.54) is 12.1 Å². The molecule has 1 N–H and O–H groups in total. The van der Waals surface area contributed by atoms with Crippen molar-refractivity contribution in [2.45, 2.75) is 30.7 Å². The van der Waals surface area contributed by atoms with Crippen LogP contribution in [0.25, 0.3) is 0 Å². The van der Waals surface area contributed by atoms with Crippen molar-refractivity contribution in [1.82, 2.24) is 4.90 Å². The Labute approximate surface area is 143 Å². The second-order valence-electron chi connectivity index (χ2n) is 6.37. The number of piperidine rings is 1. The molecule has 0 bridgehead atoms. The van der Waals surface area contributed by atoms with E-state index in [0.717, 1.165) is 12.1 Å². The number of aliphatic hydroxyl groups is 1. The van der Waals surface area contributed by atoms with Crippen LogP contribution in [0.5, 0.6) is 0 Å². The van der Waals surface area contributed by atoms with Gasteiger partial charge >= 0.3 is 6.18 Å². The molecule has 138 valence electrons.